The van der Waals surface area contributed by atoms with Crippen LogP contribution in [0, 0.1) is 11.8 Å². The first-order valence-electron chi connectivity index (χ1n) is 10.4. The van der Waals surface area contributed by atoms with Crippen LogP contribution in [-0.4, -0.2) is 6.54 Å². The van der Waals surface area contributed by atoms with Crippen molar-refractivity contribution in [1.82, 2.24) is 0 Å². The third-order valence-corrected chi connectivity index (χ3v) is 6.77. The van der Waals surface area contributed by atoms with Crippen LogP contribution in [0.2, 0.25) is 5.02 Å². The normalized spacial score (nSPS) is 21.7. The molecular formula is C23H34ClN. The lowest BCUT2D eigenvalue weighted by Gasteiger charge is -2.28. The smallest absolute Gasteiger partial charge is 0.0446 e. The summed E-state index contributed by atoms with van der Waals surface area (Å²) in [5.74, 6) is 2.15. The molecule has 0 radical (unpaired) electrons. The van der Waals surface area contributed by atoms with E-state index in [2.05, 4.69) is 30.4 Å². The number of nitrogens with two attached hydrogens (primary N) is 1. The van der Waals surface area contributed by atoms with E-state index in [0.29, 0.717) is 11.8 Å². The van der Waals surface area contributed by atoms with Gasteiger partial charge in [0, 0.05) is 5.02 Å². The van der Waals surface area contributed by atoms with Gasteiger partial charge in [0.25, 0.3) is 0 Å². The van der Waals surface area contributed by atoms with Crippen LogP contribution < -0.4 is 5.73 Å². The molecule has 1 nitrogen and oxygen atoms in total. The van der Waals surface area contributed by atoms with Gasteiger partial charge in [-0.15, -0.1) is 0 Å². The molecule has 2 aliphatic carbocycles. The van der Waals surface area contributed by atoms with Gasteiger partial charge in [0.2, 0.25) is 0 Å². The number of benzene rings is 1. The first-order valence-corrected chi connectivity index (χ1v) is 10.8. The standard InChI is InChI=1S/C23H34ClN/c24-23-16-18(14-15-22(23)20-11-5-2-6-12-20)8-7-13-21(17-25)19-9-3-1-4-10-19/h7-8,14-16,19-21H,1-6,9-13,17,25H2. The zero-order chi connectivity index (χ0) is 17.5. The fraction of sp³-hybridized carbons (Fsp3) is 0.652. The Morgan fingerprint density at radius 2 is 1.68 bits per heavy atom. The van der Waals surface area contributed by atoms with Crippen LogP contribution in [0.3, 0.4) is 0 Å². The number of rotatable bonds is 6. The second kappa shape index (κ2) is 9.78. The van der Waals surface area contributed by atoms with Gasteiger partial charge < -0.3 is 5.73 Å². The summed E-state index contributed by atoms with van der Waals surface area (Å²) in [6, 6.07) is 6.66. The molecule has 0 bridgehead atoms. The maximum Gasteiger partial charge on any atom is 0.0446 e. The van der Waals surface area contributed by atoms with E-state index in [9.17, 15) is 0 Å². The van der Waals surface area contributed by atoms with Crippen molar-refractivity contribution in [2.24, 2.45) is 17.6 Å². The zero-order valence-electron chi connectivity index (χ0n) is 15.6. The van der Waals surface area contributed by atoms with Gasteiger partial charge in [-0.05, 0) is 60.8 Å². The van der Waals surface area contributed by atoms with Crippen molar-refractivity contribution in [3.05, 3.63) is 40.4 Å². The van der Waals surface area contributed by atoms with E-state index in [1.54, 1.807) is 0 Å². The molecule has 1 aromatic rings. The van der Waals surface area contributed by atoms with Crippen LogP contribution in [0.25, 0.3) is 6.08 Å². The van der Waals surface area contributed by atoms with Gasteiger partial charge in [-0.2, -0.15) is 0 Å². The average Bonchev–Trinajstić information content (AvgIpc) is 2.67. The fourth-order valence-electron chi connectivity index (χ4n) is 4.86. The third kappa shape index (κ3) is 5.34. The zero-order valence-corrected chi connectivity index (χ0v) is 16.3. The Bertz CT molecular complexity index is 553. The van der Waals surface area contributed by atoms with Crippen LogP contribution >= 0.6 is 11.6 Å². The maximum absolute atomic E-state index is 6.60. The Morgan fingerprint density at radius 3 is 2.32 bits per heavy atom. The van der Waals surface area contributed by atoms with Gasteiger partial charge in [-0.25, -0.2) is 0 Å². The molecule has 2 aliphatic rings. The van der Waals surface area contributed by atoms with Crippen LogP contribution in [0.15, 0.2) is 24.3 Å². The molecule has 25 heavy (non-hydrogen) atoms. The highest BCUT2D eigenvalue weighted by Gasteiger charge is 2.21. The van der Waals surface area contributed by atoms with Crippen molar-refractivity contribution in [2.45, 2.75) is 76.5 Å². The molecule has 1 atom stereocenters. The molecule has 2 N–H and O–H groups in total. The van der Waals surface area contributed by atoms with E-state index >= 15 is 0 Å². The summed E-state index contributed by atoms with van der Waals surface area (Å²) in [5, 5.41) is 0.955. The largest absolute Gasteiger partial charge is 0.330 e. The van der Waals surface area contributed by atoms with Crippen molar-refractivity contribution in [3.63, 3.8) is 0 Å². The predicted molar refractivity (Wildman–Crippen MR) is 110 cm³/mol. The van der Waals surface area contributed by atoms with E-state index in [4.69, 9.17) is 17.3 Å². The SMILES string of the molecule is NCC(CC=Cc1ccc(C2CCCCC2)c(Cl)c1)C1CCCCC1. The Labute approximate surface area is 159 Å². The van der Waals surface area contributed by atoms with E-state index in [1.807, 2.05) is 0 Å². The number of allylic oxidation sites excluding steroid dienone is 1. The summed E-state index contributed by atoms with van der Waals surface area (Å²) in [5.41, 5.74) is 8.64. The molecule has 0 aromatic heterocycles. The molecular weight excluding hydrogens is 326 g/mol. The van der Waals surface area contributed by atoms with Gasteiger partial charge in [0.1, 0.15) is 0 Å². The van der Waals surface area contributed by atoms with E-state index in [1.165, 1.54) is 75.3 Å². The molecule has 0 aliphatic heterocycles. The molecule has 1 unspecified atom stereocenters. The molecule has 2 fully saturated rings. The second-order valence-corrected chi connectivity index (χ2v) is 8.56. The average molecular weight is 360 g/mol. The monoisotopic (exact) mass is 359 g/mol. The fourth-order valence-corrected chi connectivity index (χ4v) is 5.20. The molecule has 2 heteroatoms. The minimum absolute atomic E-state index is 0.647. The molecule has 2 saturated carbocycles. The quantitative estimate of drug-likeness (QED) is 0.584. The molecule has 0 saturated heterocycles. The minimum Gasteiger partial charge on any atom is -0.330 e. The lowest BCUT2D eigenvalue weighted by atomic mass is 9.78. The summed E-state index contributed by atoms with van der Waals surface area (Å²) in [7, 11) is 0. The Kier molecular flexibility index (Phi) is 7.43. The maximum atomic E-state index is 6.60. The van der Waals surface area contributed by atoms with Crippen LogP contribution in [0.4, 0.5) is 0 Å². The summed E-state index contributed by atoms with van der Waals surface area (Å²) >= 11 is 6.60. The minimum atomic E-state index is 0.647. The lowest BCUT2D eigenvalue weighted by molar-refractivity contribution is 0.254. The van der Waals surface area contributed by atoms with Crippen LogP contribution in [0.1, 0.15) is 87.7 Å². The highest BCUT2D eigenvalue weighted by atomic mass is 35.5. The predicted octanol–water partition coefficient (Wildman–Crippen LogP) is 6.95. The van der Waals surface area contributed by atoms with Gasteiger partial charge in [-0.3, -0.25) is 0 Å². The van der Waals surface area contributed by atoms with Gasteiger partial charge in [0.05, 0.1) is 0 Å². The van der Waals surface area contributed by atoms with Crippen LogP contribution in [-0.2, 0) is 0 Å². The summed E-state index contributed by atoms with van der Waals surface area (Å²) < 4.78 is 0. The first kappa shape index (κ1) is 19.0. The summed E-state index contributed by atoms with van der Waals surface area (Å²) in [4.78, 5) is 0. The van der Waals surface area contributed by atoms with E-state index < -0.39 is 0 Å². The third-order valence-electron chi connectivity index (χ3n) is 6.44. The van der Waals surface area contributed by atoms with Crippen molar-refractivity contribution in [1.29, 1.82) is 0 Å². The Balaban J connectivity index is 1.58. The van der Waals surface area contributed by atoms with Crippen molar-refractivity contribution in [3.8, 4) is 0 Å². The molecule has 0 amide bonds. The summed E-state index contributed by atoms with van der Waals surface area (Å²) in [6.45, 7) is 0.816. The van der Waals surface area contributed by atoms with E-state index in [-0.39, 0.29) is 0 Å². The molecule has 1 aromatic carbocycles. The number of hydrogen-bond acceptors (Lipinski definition) is 1. The van der Waals surface area contributed by atoms with Gasteiger partial charge in [0.15, 0.2) is 0 Å². The highest BCUT2D eigenvalue weighted by molar-refractivity contribution is 6.31. The highest BCUT2D eigenvalue weighted by Crippen LogP contribution is 2.37. The Hall–Kier alpha value is -0.790. The van der Waals surface area contributed by atoms with E-state index in [0.717, 1.165) is 23.9 Å². The Morgan fingerprint density at radius 1 is 1.00 bits per heavy atom. The lowest BCUT2D eigenvalue weighted by Crippen LogP contribution is -2.24. The van der Waals surface area contributed by atoms with Crippen molar-refractivity contribution >= 4 is 17.7 Å². The molecule has 0 heterocycles. The first-order chi connectivity index (χ1) is 12.3. The van der Waals surface area contributed by atoms with Crippen molar-refractivity contribution in [2.75, 3.05) is 6.54 Å². The number of hydrogen-bond donors (Lipinski definition) is 1. The van der Waals surface area contributed by atoms with Gasteiger partial charge in [-0.1, -0.05) is 87.3 Å². The topological polar surface area (TPSA) is 26.0 Å². The molecule has 3 rings (SSSR count). The molecule has 138 valence electrons. The number of halogens is 1. The van der Waals surface area contributed by atoms with Crippen LogP contribution in [0.5, 0.6) is 0 Å². The molecule has 0 spiro atoms. The summed E-state index contributed by atoms with van der Waals surface area (Å²) in [6.07, 6.45) is 19.3. The van der Waals surface area contributed by atoms with Gasteiger partial charge >= 0.3 is 0 Å². The van der Waals surface area contributed by atoms with Crippen molar-refractivity contribution < 1.29 is 0 Å². The second-order valence-electron chi connectivity index (χ2n) is 8.15.